The first-order valence-corrected chi connectivity index (χ1v) is 11.0. The van der Waals surface area contributed by atoms with Crippen molar-refractivity contribution >= 4 is 34.1 Å². The monoisotopic (exact) mass is 497 g/mol. The largest absolute Gasteiger partial charge is 0.493 e. The van der Waals surface area contributed by atoms with Crippen molar-refractivity contribution in [2.45, 2.75) is 6.61 Å². The van der Waals surface area contributed by atoms with Crippen LogP contribution in [0.25, 0.3) is 16.8 Å². The molecule has 4 aromatic rings. The summed E-state index contributed by atoms with van der Waals surface area (Å²) in [5.41, 5.74) is 0.317. The molecule has 0 fully saturated rings. The van der Waals surface area contributed by atoms with E-state index < -0.39 is 28.0 Å². The Kier molecular flexibility index (Phi) is 7.40. The molecule has 4 aromatic carbocycles. The van der Waals surface area contributed by atoms with Gasteiger partial charge in [-0.25, -0.2) is 4.39 Å². The molecule has 9 heteroatoms. The number of hydrogen-bond donors (Lipinski definition) is 1. The molecule has 4 rings (SSSR count). The Morgan fingerprint density at radius 2 is 1.86 bits per heavy atom. The van der Waals surface area contributed by atoms with Crippen molar-refractivity contribution in [3.05, 3.63) is 111 Å². The Morgan fingerprint density at radius 1 is 1.08 bits per heavy atom. The summed E-state index contributed by atoms with van der Waals surface area (Å²) >= 11 is 0. The minimum Gasteiger partial charge on any atom is -0.493 e. The van der Waals surface area contributed by atoms with Crippen LogP contribution < -0.4 is 14.8 Å². The number of ether oxygens (including phenoxy) is 2. The number of fused-ring (bicyclic) bond motifs is 1. The molecule has 0 radical (unpaired) electrons. The number of rotatable bonds is 8. The molecule has 8 nitrogen and oxygen atoms in total. The maximum Gasteiger partial charge on any atom is 0.271 e. The Balaban J connectivity index is 1.53. The zero-order valence-electron chi connectivity index (χ0n) is 19.6. The van der Waals surface area contributed by atoms with Gasteiger partial charge >= 0.3 is 0 Å². The highest BCUT2D eigenvalue weighted by molar-refractivity contribution is 6.09. The summed E-state index contributed by atoms with van der Waals surface area (Å²) in [5.74, 6) is -0.937. The molecule has 1 amide bonds. The smallest absolute Gasteiger partial charge is 0.271 e. The van der Waals surface area contributed by atoms with Crippen LogP contribution in [0.3, 0.4) is 0 Å². The van der Waals surface area contributed by atoms with Crippen molar-refractivity contribution in [1.82, 2.24) is 0 Å². The summed E-state index contributed by atoms with van der Waals surface area (Å²) in [6, 6.07) is 23.3. The summed E-state index contributed by atoms with van der Waals surface area (Å²) in [4.78, 5) is 22.8. The van der Waals surface area contributed by atoms with E-state index in [4.69, 9.17) is 9.47 Å². The van der Waals surface area contributed by atoms with Crippen molar-refractivity contribution in [3.8, 4) is 17.6 Å². The number of benzene rings is 4. The first-order valence-electron chi connectivity index (χ1n) is 11.0. The van der Waals surface area contributed by atoms with Gasteiger partial charge < -0.3 is 14.8 Å². The van der Waals surface area contributed by atoms with E-state index in [1.807, 2.05) is 42.5 Å². The van der Waals surface area contributed by atoms with Gasteiger partial charge in [-0.05, 0) is 46.2 Å². The SMILES string of the molecule is COc1cc(C=C(C#N)C(=O)Nc2cc([N+](=O)[O-])ccc2F)ccc1OCc1cccc2ccccc12. The molecule has 0 bridgehead atoms. The number of amides is 1. The third-order valence-electron chi connectivity index (χ3n) is 5.54. The number of non-ortho nitro benzene ring substituents is 1. The van der Waals surface area contributed by atoms with Gasteiger partial charge in [0.1, 0.15) is 24.1 Å². The fourth-order valence-electron chi connectivity index (χ4n) is 3.69. The van der Waals surface area contributed by atoms with E-state index in [1.165, 1.54) is 13.2 Å². The van der Waals surface area contributed by atoms with Crippen molar-refractivity contribution in [2.75, 3.05) is 12.4 Å². The summed E-state index contributed by atoms with van der Waals surface area (Å²) < 4.78 is 25.5. The Labute approximate surface area is 211 Å². The minimum absolute atomic E-state index is 0.299. The minimum atomic E-state index is -0.919. The number of carbonyl (C=O) groups excluding carboxylic acids is 1. The third kappa shape index (κ3) is 5.71. The van der Waals surface area contributed by atoms with E-state index in [0.717, 1.165) is 34.5 Å². The number of nitro benzene ring substituents is 1. The fourth-order valence-corrected chi connectivity index (χ4v) is 3.69. The van der Waals surface area contributed by atoms with Gasteiger partial charge in [0.25, 0.3) is 11.6 Å². The molecule has 0 saturated carbocycles. The topological polar surface area (TPSA) is 114 Å². The van der Waals surface area contributed by atoms with E-state index in [0.29, 0.717) is 23.7 Å². The van der Waals surface area contributed by atoms with Crippen molar-refractivity contribution in [1.29, 1.82) is 5.26 Å². The van der Waals surface area contributed by atoms with Crippen LogP contribution in [0, 0.1) is 27.3 Å². The van der Waals surface area contributed by atoms with Crippen molar-refractivity contribution in [2.24, 2.45) is 0 Å². The predicted octanol–water partition coefficient (Wildman–Crippen LogP) is 6.02. The highest BCUT2D eigenvalue weighted by atomic mass is 19.1. The zero-order valence-corrected chi connectivity index (χ0v) is 19.6. The number of anilines is 1. The molecule has 0 heterocycles. The van der Waals surface area contributed by atoms with Crippen LogP contribution >= 0.6 is 0 Å². The quantitative estimate of drug-likeness (QED) is 0.138. The molecular formula is C28H20FN3O5. The third-order valence-corrected chi connectivity index (χ3v) is 5.54. The maximum absolute atomic E-state index is 14.0. The number of methoxy groups -OCH3 is 1. The number of nitrogens with one attached hydrogen (secondary N) is 1. The van der Waals surface area contributed by atoms with Crippen LogP contribution in [0.15, 0.2) is 84.4 Å². The van der Waals surface area contributed by atoms with Crippen LogP contribution in [-0.2, 0) is 11.4 Å². The van der Waals surface area contributed by atoms with E-state index in [-0.39, 0.29) is 5.57 Å². The number of nitriles is 1. The summed E-state index contributed by atoms with van der Waals surface area (Å²) in [7, 11) is 1.47. The lowest BCUT2D eigenvalue weighted by Gasteiger charge is -2.13. The summed E-state index contributed by atoms with van der Waals surface area (Å²) in [5, 5.41) is 24.8. The molecule has 0 spiro atoms. The molecule has 1 N–H and O–H groups in total. The van der Waals surface area contributed by atoms with Gasteiger partial charge in [-0.2, -0.15) is 5.26 Å². The molecule has 0 saturated heterocycles. The van der Waals surface area contributed by atoms with Crippen LogP contribution in [0.2, 0.25) is 0 Å². The van der Waals surface area contributed by atoms with E-state index in [1.54, 1.807) is 24.3 Å². The molecule has 0 atom stereocenters. The molecule has 0 unspecified atom stereocenters. The van der Waals surface area contributed by atoms with Crippen LogP contribution in [0.1, 0.15) is 11.1 Å². The summed E-state index contributed by atoms with van der Waals surface area (Å²) in [6.07, 6.45) is 1.29. The van der Waals surface area contributed by atoms with Gasteiger partial charge in [0.05, 0.1) is 17.7 Å². The molecule has 0 aliphatic carbocycles. The van der Waals surface area contributed by atoms with Gasteiger partial charge in [0.15, 0.2) is 11.5 Å². The second-order valence-corrected chi connectivity index (χ2v) is 7.88. The van der Waals surface area contributed by atoms with Crippen LogP contribution in [0.5, 0.6) is 11.5 Å². The Morgan fingerprint density at radius 3 is 2.62 bits per heavy atom. The lowest BCUT2D eigenvalue weighted by Crippen LogP contribution is -2.14. The maximum atomic E-state index is 14.0. The van der Waals surface area contributed by atoms with Crippen molar-refractivity contribution < 1.29 is 23.6 Å². The second-order valence-electron chi connectivity index (χ2n) is 7.88. The first kappa shape index (κ1) is 24.9. The molecule has 0 aliphatic heterocycles. The lowest BCUT2D eigenvalue weighted by atomic mass is 10.1. The molecule has 37 heavy (non-hydrogen) atoms. The second kappa shape index (κ2) is 11.0. The zero-order chi connectivity index (χ0) is 26.4. The number of nitrogens with zero attached hydrogens (tertiary/aromatic N) is 2. The highest BCUT2D eigenvalue weighted by Gasteiger charge is 2.16. The van der Waals surface area contributed by atoms with Gasteiger partial charge in [-0.15, -0.1) is 0 Å². The van der Waals surface area contributed by atoms with Crippen LogP contribution in [-0.4, -0.2) is 17.9 Å². The number of carbonyl (C=O) groups is 1. The van der Waals surface area contributed by atoms with Crippen molar-refractivity contribution in [3.63, 3.8) is 0 Å². The van der Waals surface area contributed by atoms with Crippen LogP contribution in [0.4, 0.5) is 15.8 Å². The molecule has 0 aromatic heterocycles. The molecule has 184 valence electrons. The normalized spacial score (nSPS) is 11.0. The number of halogens is 1. The van der Waals surface area contributed by atoms with E-state index in [9.17, 15) is 24.6 Å². The number of nitro groups is 1. The Hall–Kier alpha value is -5.23. The van der Waals surface area contributed by atoms with E-state index in [2.05, 4.69) is 5.32 Å². The lowest BCUT2D eigenvalue weighted by molar-refractivity contribution is -0.384. The molecule has 0 aliphatic rings. The van der Waals surface area contributed by atoms with Gasteiger partial charge in [0.2, 0.25) is 0 Å². The number of hydrogen-bond acceptors (Lipinski definition) is 6. The highest BCUT2D eigenvalue weighted by Crippen LogP contribution is 2.31. The molecular weight excluding hydrogens is 477 g/mol. The van der Waals surface area contributed by atoms with Gasteiger partial charge in [0, 0.05) is 12.1 Å². The van der Waals surface area contributed by atoms with Gasteiger partial charge in [-0.3, -0.25) is 14.9 Å². The summed E-state index contributed by atoms with van der Waals surface area (Å²) in [6.45, 7) is 0.299. The average Bonchev–Trinajstić information content (AvgIpc) is 2.91. The Bertz CT molecular complexity index is 1570. The van der Waals surface area contributed by atoms with E-state index >= 15 is 0 Å². The average molecular weight is 497 g/mol. The first-order chi connectivity index (χ1) is 17.9. The fraction of sp³-hybridized carbons (Fsp3) is 0.0714. The predicted molar refractivity (Wildman–Crippen MR) is 137 cm³/mol. The van der Waals surface area contributed by atoms with Gasteiger partial charge in [-0.1, -0.05) is 48.5 Å². The standard InChI is InChI=1S/C28H20FN3O5/c1-36-27-14-18(9-12-26(27)37-17-20-7-4-6-19-5-2-3-8-23(19)20)13-21(16-30)28(33)31-25-15-22(32(34)35)10-11-24(25)29/h2-15H,17H2,1H3,(H,31,33).